The zero-order valence-electron chi connectivity index (χ0n) is 12.3. The van der Waals surface area contributed by atoms with E-state index in [0.29, 0.717) is 0 Å². The van der Waals surface area contributed by atoms with Crippen LogP contribution < -0.4 is 0 Å². The summed E-state index contributed by atoms with van der Waals surface area (Å²) in [5, 5.41) is 4.81. The van der Waals surface area contributed by atoms with E-state index in [0.717, 1.165) is 0 Å². The molecule has 0 fully saturated rings. The summed E-state index contributed by atoms with van der Waals surface area (Å²) in [5.74, 6) is 0. The molecule has 0 N–H and O–H groups in total. The van der Waals surface area contributed by atoms with E-state index in [1.165, 1.54) is 37.9 Å². The molecule has 0 aliphatic carbocycles. The molecule has 0 aliphatic rings. The van der Waals surface area contributed by atoms with Crippen LogP contribution in [0.3, 0.4) is 0 Å². The van der Waals surface area contributed by atoms with Crippen molar-refractivity contribution < 1.29 is 26.2 Å². The van der Waals surface area contributed by atoms with Crippen molar-refractivity contribution in [3.63, 3.8) is 0 Å². The molecule has 2 heteroatoms. The van der Waals surface area contributed by atoms with Gasteiger partial charge >= 0.3 is 0 Å². The van der Waals surface area contributed by atoms with Crippen molar-refractivity contribution in [3.05, 3.63) is 77.7 Å². The summed E-state index contributed by atoms with van der Waals surface area (Å²) in [6.45, 7) is 2.19. The normalized spacial score (nSPS) is 10.6. The predicted octanol–water partition coefficient (Wildman–Crippen LogP) is 6.26. The van der Waals surface area contributed by atoms with Gasteiger partial charge in [0, 0.05) is 26.2 Å². The summed E-state index contributed by atoms with van der Waals surface area (Å²) in [4.78, 5) is 1.34. The van der Waals surface area contributed by atoms with E-state index in [1.807, 2.05) is 0 Å². The summed E-state index contributed by atoms with van der Waals surface area (Å²) in [6, 6.07) is 24.1. The Morgan fingerprint density at radius 3 is 2.45 bits per heavy atom. The molecule has 0 amide bonds. The zero-order valence-corrected chi connectivity index (χ0v) is 15.6. The summed E-state index contributed by atoms with van der Waals surface area (Å²) in [5.41, 5.74) is 5.31. The first kappa shape index (κ1) is 15.5. The van der Waals surface area contributed by atoms with Gasteiger partial charge in [0.05, 0.1) is 0 Å². The van der Waals surface area contributed by atoms with Crippen molar-refractivity contribution in [1.82, 2.24) is 0 Å². The van der Waals surface area contributed by atoms with Crippen LogP contribution in [0, 0.1) is 6.92 Å². The first-order valence-electron chi connectivity index (χ1n) is 7.12. The largest absolute Gasteiger partial charge is 0.185 e. The Kier molecular flexibility index (Phi) is 4.52. The fourth-order valence-corrected chi connectivity index (χ4v) is 3.68. The predicted molar refractivity (Wildman–Crippen MR) is 93.0 cm³/mol. The average Bonchev–Trinajstić information content (AvgIpc) is 3.17. The first-order chi connectivity index (χ1) is 10.3. The van der Waals surface area contributed by atoms with Gasteiger partial charge in [-0.3, -0.25) is 0 Å². The molecule has 0 radical (unpaired) electrons. The molecule has 1 heterocycles. The van der Waals surface area contributed by atoms with Gasteiger partial charge in [0.1, 0.15) is 0 Å². The van der Waals surface area contributed by atoms with Crippen molar-refractivity contribution in [1.29, 1.82) is 0 Å². The van der Waals surface area contributed by atoms with Gasteiger partial charge in [-0.15, -0.1) is 34.5 Å². The number of fused-ring (bicyclic) bond motifs is 1. The minimum atomic E-state index is 0. The van der Waals surface area contributed by atoms with Crippen LogP contribution in [-0.4, -0.2) is 0 Å². The molecule has 0 aliphatic heterocycles. The van der Waals surface area contributed by atoms with Gasteiger partial charge in [0.2, 0.25) is 0 Å². The van der Waals surface area contributed by atoms with Crippen molar-refractivity contribution in [2.24, 2.45) is 0 Å². The third kappa shape index (κ3) is 2.66. The molecular formula is C20H15SZr-. The van der Waals surface area contributed by atoms with Crippen LogP contribution in [0.1, 0.15) is 5.56 Å². The van der Waals surface area contributed by atoms with E-state index in [-0.39, 0.29) is 26.2 Å². The van der Waals surface area contributed by atoms with Gasteiger partial charge in [-0.1, -0.05) is 54.1 Å². The third-order valence-electron chi connectivity index (χ3n) is 3.97. The average molecular weight is 379 g/mol. The molecule has 0 atom stereocenters. The fraction of sp³-hybridized carbons (Fsp3) is 0.0500. The van der Waals surface area contributed by atoms with Crippen LogP contribution in [0.5, 0.6) is 0 Å². The van der Waals surface area contributed by atoms with Crippen molar-refractivity contribution in [2.75, 3.05) is 0 Å². The van der Waals surface area contributed by atoms with Gasteiger partial charge in [0.15, 0.2) is 0 Å². The summed E-state index contributed by atoms with van der Waals surface area (Å²) >= 11 is 1.80. The second kappa shape index (κ2) is 6.40. The molecule has 0 saturated heterocycles. The monoisotopic (exact) mass is 377 g/mol. The molecule has 4 aromatic rings. The molecule has 3 aromatic carbocycles. The maximum Gasteiger partial charge on any atom is 0 e. The second-order valence-electron chi connectivity index (χ2n) is 5.35. The number of aryl methyl sites for hydroxylation is 1. The number of benzene rings is 2. The molecular weight excluding hydrogens is 364 g/mol. The van der Waals surface area contributed by atoms with Crippen molar-refractivity contribution in [2.45, 2.75) is 6.92 Å². The number of thiophene rings is 1. The summed E-state index contributed by atoms with van der Waals surface area (Å²) < 4.78 is 0. The van der Waals surface area contributed by atoms with E-state index in [2.05, 4.69) is 79.0 Å². The Morgan fingerprint density at radius 1 is 0.909 bits per heavy atom. The van der Waals surface area contributed by atoms with E-state index in [1.54, 1.807) is 11.3 Å². The van der Waals surface area contributed by atoms with Crippen LogP contribution in [0.15, 0.2) is 72.1 Å². The van der Waals surface area contributed by atoms with Crippen LogP contribution in [-0.2, 0) is 26.2 Å². The first-order valence-corrected chi connectivity index (χ1v) is 8.00. The molecule has 0 nitrogen and oxygen atoms in total. The van der Waals surface area contributed by atoms with Crippen LogP contribution in [0.4, 0.5) is 0 Å². The summed E-state index contributed by atoms with van der Waals surface area (Å²) in [7, 11) is 0. The minimum absolute atomic E-state index is 0. The smallest absolute Gasteiger partial charge is 0 e. The Balaban J connectivity index is 0.00000144. The van der Waals surface area contributed by atoms with Gasteiger partial charge in [-0.2, -0.15) is 11.3 Å². The maximum atomic E-state index is 2.33. The molecule has 106 valence electrons. The molecule has 0 saturated carbocycles. The van der Waals surface area contributed by atoms with E-state index < -0.39 is 0 Å². The van der Waals surface area contributed by atoms with Crippen molar-refractivity contribution >= 4 is 22.1 Å². The molecule has 0 bridgehead atoms. The second-order valence-corrected chi connectivity index (χ2v) is 6.30. The van der Waals surface area contributed by atoms with E-state index >= 15 is 0 Å². The number of rotatable bonds is 2. The molecule has 22 heavy (non-hydrogen) atoms. The van der Waals surface area contributed by atoms with Gasteiger partial charge in [0.25, 0.3) is 0 Å². The third-order valence-corrected chi connectivity index (χ3v) is 4.89. The Bertz CT molecular complexity index is 886. The van der Waals surface area contributed by atoms with Crippen molar-refractivity contribution in [3.8, 4) is 21.6 Å². The maximum absolute atomic E-state index is 2.33. The van der Waals surface area contributed by atoms with Crippen LogP contribution in [0.25, 0.3) is 32.3 Å². The molecule has 1 aromatic heterocycles. The van der Waals surface area contributed by atoms with Gasteiger partial charge in [-0.05, 0) is 28.3 Å². The Labute approximate surface area is 153 Å². The van der Waals surface area contributed by atoms with E-state index in [9.17, 15) is 0 Å². The standard InChI is InChI=1S/C20H15S.Zr/c1-14-9-10-16-12-17(19-8-5-11-21-19)13-18(16)20(14)15-6-3-2-4-7-15;/h2-13H,1H3;/q-1;. The zero-order chi connectivity index (χ0) is 14.2. The van der Waals surface area contributed by atoms with Gasteiger partial charge < -0.3 is 0 Å². The molecule has 0 unspecified atom stereocenters. The van der Waals surface area contributed by atoms with E-state index in [4.69, 9.17) is 0 Å². The van der Waals surface area contributed by atoms with Crippen LogP contribution in [0.2, 0.25) is 0 Å². The van der Waals surface area contributed by atoms with Gasteiger partial charge in [-0.25, -0.2) is 0 Å². The topological polar surface area (TPSA) is 0 Å². The van der Waals surface area contributed by atoms with Crippen LogP contribution >= 0.6 is 11.3 Å². The summed E-state index contributed by atoms with van der Waals surface area (Å²) in [6.07, 6.45) is 0. The Morgan fingerprint density at radius 2 is 1.73 bits per heavy atom. The number of hydrogen-bond donors (Lipinski definition) is 0. The minimum Gasteiger partial charge on any atom is -0.185 e. The quantitative estimate of drug-likeness (QED) is 0.361. The Hall–Kier alpha value is -1.37. The SMILES string of the molecule is Cc1ccc2[cH-]c(-c3cccs3)cc2c1-c1ccccc1.[Zr]. The number of hydrogen-bond acceptors (Lipinski definition) is 1. The fourth-order valence-electron chi connectivity index (χ4n) is 2.96. The molecule has 0 spiro atoms. The molecule has 4 rings (SSSR count).